The molecule has 0 fully saturated rings. The van der Waals surface area contributed by atoms with Crippen molar-refractivity contribution in [2.24, 2.45) is 5.41 Å². The molecule has 2 N–H and O–H groups in total. The average Bonchev–Trinajstić information content (AvgIpc) is 2.30. The van der Waals surface area contributed by atoms with Gasteiger partial charge in [0.1, 0.15) is 0 Å². The maximum Gasteiger partial charge on any atom is 0.225 e. The van der Waals surface area contributed by atoms with Crippen LogP contribution in [0.5, 0.6) is 0 Å². The first kappa shape index (κ1) is 16.7. The fraction of sp³-hybridized carbons (Fsp3) is 0.714. The van der Waals surface area contributed by atoms with Crippen LogP contribution in [0.25, 0.3) is 0 Å². The Morgan fingerprint density at radius 1 is 1.00 bits per heavy atom. The van der Waals surface area contributed by atoms with E-state index in [0.29, 0.717) is 19.5 Å². The summed E-state index contributed by atoms with van der Waals surface area (Å²) in [4.78, 5) is 22.5. The third-order valence-corrected chi connectivity index (χ3v) is 2.40. The van der Waals surface area contributed by atoms with E-state index >= 15 is 0 Å². The quantitative estimate of drug-likeness (QED) is 0.539. The zero-order chi connectivity index (χ0) is 14.0. The largest absolute Gasteiger partial charge is 0.356 e. The van der Waals surface area contributed by atoms with Crippen molar-refractivity contribution in [3.8, 4) is 0 Å². The summed E-state index contributed by atoms with van der Waals surface area (Å²) < 4.78 is 0. The molecule has 0 radical (unpaired) electrons. The van der Waals surface area contributed by atoms with E-state index in [1.54, 1.807) is 0 Å². The molecule has 0 aromatic carbocycles. The summed E-state index contributed by atoms with van der Waals surface area (Å²) in [5, 5.41) is 5.68. The van der Waals surface area contributed by atoms with Crippen LogP contribution in [0.15, 0.2) is 12.2 Å². The SMILES string of the molecule is CCC(=O)NCC/C=C/CCNC(=O)C(C)(C)C. The van der Waals surface area contributed by atoms with Crippen LogP contribution < -0.4 is 10.6 Å². The van der Waals surface area contributed by atoms with E-state index < -0.39 is 0 Å². The molecule has 0 aliphatic rings. The molecule has 0 atom stereocenters. The molecule has 4 heteroatoms. The fourth-order valence-electron chi connectivity index (χ4n) is 1.19. The van der Waals surface area contributed by atoms with Crippen molar-refractivity contribution in [3.63, 3.8) is 0 Å². The Balaban J connectivity index is 3.50. The Labute approximate surface area is 110 Å². The van der Waals surface area contributed by atoms with Gasteiger partial charge in [-0.15, -0.1) is 0 Å². The maximum atomic E-state index is 11.5. The first-order chi connectivity index (χ1) is 8.38. The number of nitrogens with one attached hydrogen (secondary N) is 2. The monoisotopic (exact) mass is 254 g/mol. The second-order valence-electron chi connectivity index (χ2n) is 5.26. The van der Waals surface area contributed by atoms with Crippen molar-refractivity contribution >= 4 is 11.8 Å². The minimum absolute atomic E-state index is 0.0751. The molecule has 0 aliphatic carbocycles. The van der Waals surface area contributed by atoms with Crippen LogP contribution in [0, 0.1) is 5.41 Å². The fourth-order valence-corrected chi connectivity index (χ4v) is 1.19. The van der Waals surface area contributed by atoms with Gasteiger partial charge in [0.15, 0.2) is 0 Å². The van der Waals surface area contributed by atoms with Gasteiger partial charge in [-0.3, -0.25) is 9.59 Å². The Morgan fingerprint density at radius 3 is 1.94 bits per heavy atom. The van der Waals surface area contributed by atoms with Crippen LogP contribution in [0.3, 0.4) is 0 Å². The molecule has 4 nitrogen and oxygen atoms in total. The molecule has 0 heterocycles. The van der Waals surface area contributed by atoms with Gasteiger partial charge in [-0.1, -0.05) is 39.8 Å². The molecule has 0 aromatic heterocycles. The molecular formula is C14H26N2O2. The van der Waals surface area contributed by atoms with Crippen LogP contribution in [0.4, 0.5) is 0 Å². The van der Waals surface area contributed by atoms with Crippen molar-refractivity contribution in [3.05, 3.63) is 12.2 Å². The number of carbonyl (C=O) groups excluding carboxylic acids is 2. The minimum atomic E-state index is -0.325. The molecule has 0 saturated heterocycles. The van der Waals surface area contributed by atoms with E-state index in [-0.39, 0.29) is 17.2 Å². The first-order valence-corrected chi connectivity index (χ1v) is 6.58. The third kappa shape index (κ3) is 8.79. The normalized spacial score (nSPS) is 11.6. The predicted octanol–water partition coefficient (Wildman–Crippen LogP) is 2.01. The molecule has 0 bridgehead atoms. The molecule has 0 spiro atoms. The van der Waals surface area contributed by atoms with Crippen molar-refractivity contribution in [2.45, 2.75) is 47.0 Å². The standard InChI is InChI=1S/C14H26N2O2/c1-5-12(17)15-10-8-6-7-9-11-16-13(18)14(2,3)4/h6-7H,5,8-11H2,1-4H3,(H,15,17)(H,16,18)/b7-6+. The zero-order valence-corrected chi connectivity index (χ0v) is 12.0. The van der Waals surface area contributed by atoms with Gasteiger partial charge < -0.3 is 10.6 Å². The molecule has 0 aliphatic heterocycles. The van der Waals surface area contributed by atoms with Crippen molar-refractivity contribution in [1.29, 1.82) is 0 Å². The lowest BCUT2D eigenvalue weighted by Crippen LogP contribution is -2.35. The highest BCUT2D eigenvalue weighted by atomic mass is 16.2. The van der Waals surface area contributed by atoms with E-state index in [0.717, 1.165) is 12.8 Å². The molecule has 104 valence electrons. The smallest absolute Gasteiger partial charge is 0.225 e. The number of hydrogen-bond donors (Lipinski definition) is 2. The lowest BCUT2D eigenvalue weighted by atomic mass is 9.96. The van der Waals surface area contributed by atoms with E-state index in [1.807, 2.05) is 39.8 Å². The Bertz CT molecular complexity index is 291. The zero-order valence-electron chi connectivity index (χ0n) is 12.0. The van der Waals surface area contributed by atoms with E-state index in [1.165, 1.54) is 0 Å². The van der Waals surface area contributed by atoms with Crippen LogP contribution in [-0.4, -0.2) is 24.9 Å². The average molecular weight is 254 g/mol. The molecule has 0 saturated carbocycles. The van der Waals surface area contributed by atoms with Gasteiger partial charge in [-0.25, -0.2) is 0 Å². The summed E-state index contributed by atoms with van der Waals surface area (Å²) in [6.45, 7) is 8.87. The summed E-state index contributed by atoms with van der Waals surface area (Å²) in [6.07, 6.45) is 6.24. The Kier molecular flexibility index (Phi) is 8.08. The number of hydrogen-bond acceptors (Lipinski definition) is 2. The van der Waals surface area contributed by atoms with Gasteiger partial charge in [-0.05, 0) is 12.8 Å². The number of carbonyl (C=O) groups is 2. The maximum absolute atomic E-state index is 11.5. The lowest BCUT2D eigenvalue weighted by molar-refractivity contribution is -0.128. The van der Waals surface area contributed by atoms with Gasteiger partial charge in [0.25, 0.3) is 0 Å². The van der Waals surface area contributed by atoms with Crippen LogP contribution in [0.1, 0.15) is 47.0 Å². The summed E-state index contributed by atoms with van der Waals surface area (Å²) >= 11 is 0. The van der Waals surface area contributed by atoms with Crippen molar-refractivity contribution < 1.29 is 9.59 Å². The summed E-state index contributed by atoms with van der Waals surface area (Å²) in [7, 11) is 0. The molecule has 0 rings (SSSR count). The molecular weight excluding hydrogens is 228 g/mol. The first-order valence-electron chi connectivity index (χ1n) is 6.58. The highest BCUT2D eigenvalue weighted by Crippen LogP contribution is 2.11. The predicted molar refractivity (Wildman–Crippen MR) is 74.1 cm³/mol. The van der Waals surface area contributed by atoms with Crippen LogP contribution in [0.2, 0.25) is 0 Å². The highest BCUT2D eigenvalue weighted by molar-refractivity contribution is 5.81. The molecule has 0 aromatic rings. The Morgan fingerprint density at radius 2 is 1.50 bits per heavy atom. The number of amides is 2. The van der Waals surface area contributed by atoms with Gasteiger partial charge in [0.05, 0.1) is 0 Å². The second kappa shape index (κ2) is 8.72. The van der Waals surface area contributed by atoms with Gasteiger partial charge in [0.2, 0.25) is 11.8 Å². The molecule has 18 heavy (non-hydrogen) atoms. The topological polar surface area (TPSA) is 58.2 Å². The van der Waals surface area contributed by atoms with Crippen molar-refractivity contribution in [2.75, 3.05) is 13.1 Å². The number of rotatable bonds is 7. The highest BCUT2D eigenvalue weighted by Gasteiger charge is 2.19. The molecule has 2 amide bonds. The Hall–Kier alpha value is -1.32. The van der Waals surface area contributed by atoms with E-state index in [9.17, 15) is 9.59 Å². The summed E-state index contributed by atoms with van der Waals surface area (Å²) in [5.74, 6) is 0.159. The van der Waals surface area contributed by atoms with Crippen molar-refractivity contribution in [1.82, 2.24) is 10.6 Å². The van der Waals surface area contributed by atoms with Gasteiger partial charge in [0, 0.05) is 24.9 Å². The van der Waals surface area contributed by atoms with Gasteiger partial charge >= 0.3 is 0 Å². The van der Waals surface area contributed by atoms with E-state index in [4.69, 9.17) is 0 Å². The molecule has 0 unspecified atom stereocenters. The lowest BCUT2D eigenvalue weighted by Gasteiger charge is -2.16. The second-order valence-corrected chi connectivity index (χ2v) is 5.26. The summed E-state index contributed by atoms with van der Waals surface area (Å²) in [6, 6.07) is 0. The summed E-state index contributed by atoms with van der Waals surface area (Å²) in [5.41, 5.74) is -0.325. The van der Waals surface area contributed by atoms with Crippen LogP contribution >= 0.6 is 0 Å². The van der Waals surface area contributed by atoms with Gasteiger partial charge in [-0.2, -0.15) is 0 Å². The van der Waals surface area contributed by atoms with E-state index in [2.05, 4.69) is 10.6 Å². The third-order valence-electron chi connectivity index (χ3n) is 2.40. The minimum Gasteiger partial charge on any atom is -0.356 e. The van der Waals surface area contributed by atoms with Crippen LogP contribution in [-0.2, 0) is 9.59 Å².